The van der Waals surface area contributed by atoms with Crippen molar-refractivity contribution in [2.75, 3.05) is 6.61 Å². The van der Waals surface area contributed by atoms with Gasteiger partial charge < -0.3 is 9.30 Å². The third-order valence-electron chi connectivity index (χ3n) is 3.68. The molecule has 4 heteroatoms. The summed E-state index contributed by atoms with van der Waals surface area (Å²) in [5.41, 5.74) is 2.42. The van der Waals surface area contributed by atoms with E-state index in [0.29, 0.717) is 5.02 Å². The molecule has 0 saturated heterocycles. The number of nitrogens with zero attached hydrogens (tertiary/aromatic N) is 2. The molecule has 0 amide bonds. The summed E-state index contributed by atoms with van der Waals surface area (Å²) in [6.07, 6.45) is 10.3. The van der Waals surface area contributed by atoms with Gasteiger partial charge in [0.2, 0.25) is 0 Å². The van der Waals surface area contributed by atoms with Crippen LogP contribution in [0.25, 0.3) is 0 Å². The largest absolute Gasteiger partial charge is 0.492 e. The summed E-state index contributed by atoms with van der Waals surface area (Å²) >= 11 is 6.19. The molecule has 0 radical (unpaired) electrons. The SMILES string of the molecule is Cc1cc(Cl)c(OCCCCCCn2ccnc2)cc1C. The van der Waals surface area contributed by atoms with Crippen molar-refractivity contribution in [2.24, 2.45) is 0 Å². The van der Waals surface area contributed by atoms with Gasteiger partial charge in [0.1, 0.15) is 5.75 Å². The molecule has 1 aromatic heterocycles. The smallest absolute Gasteiger partial charge is 0.138 e. The van der Waals surface area contributed by atoms with Crippen LogP contribution in [-0.4, -0.2) is 16.2 Å². The summed E-state index contributed by atoms with van der Waals surface area (Å²) in [4.78, 5) is 4.04. The van der Waals surface area contributed by atoms with Gasteiger partial charge in [-0.05, 0) is 49.9 Å². The van der Waals surface area contributed by atoms with Crippen LogP contribution >= 0.6 is 11.6 Å². The Morgan fingerprint density at radius 2 is 1.86 bits per heavy atom. The van der Waals surface area contributed by atoms with Crippen LogP contribution in [0.1, 0.15) is 36.8 Å². The second kappa shape index (κ2) is 8.08. The molecule has 0 N–H and O–H groups in total. The van der Waals surface area contributed by atoms with Crippen LogP contribution in [-0.2, 0) is 6.54 Å². The maximum atomic E-state index is 6.19. The summed E-state index contributed by atoms with van der Waals surface area (Å²) in [6, 6.07) is 3.99. The van der Waals surface area contributed by atoms with Crippen LogP contribution in [0.2, 0.25) is 5.02 Å². The van der Waals surface area contributed by atoms with Crippen molar-refractivity contribution in [1.29, 1.82) is 0 Å². The molecule has 114 valence electrons. The van der Waals surface area contributed by atoms with Crippen molar-refractivity contribution in [1.82, 2.24) is 9.55 Å². The molecule has 0 spiro atoms. The van der Waals surface area contributed by atoms with Crippen LogP contribution in [0.4, 0.5) is 0 Å². The van der Waals surface area contributed by atoms with Gasteiger partial charge in [0.15, 0.2) is 0 Å². The van der Waals surface area contributed by atoms with Gasteiger partial charge in [0, 0.05) is 18.9 Å². The molecule has 0 aliphatic rings. The highest BCUT2D eigenvalue weighted by Gasteiger charge is 2.04. The Kier molecular flexibility index (Phi) is 6.12. The number of ether oxygens (including phenoxy) is 1. The number of halogens is 1. The van der Waals surface area contributed by atoms with E-state index in [-0.39, 0.29) is 0 Å². The van der Waals surface area contributed by atoms with Gasteiger partial charge in [-0.1, -0.05) is 24.4 Å². The van der Waals surface area contributed by atoms with Gasteiger partial charge in [0.05, 0.1) is 18.0 Å². The quantitative estimate of drug-likeness (QED) is 0.655. The molecule has 0 fully saturated rings. The monoisotopic (exact) mass is 306 g/mol. The maximum Gasteiger partial charge on any atom is 0.138 e. The van der Waals surface area contributed by atoms with Crippen molar-refractivity contribution in [3.63, 3.8) is 0 Å². The van der Waals surface area contributed by atoms with E-state index in [2.05, 4.69) is 23.4 Å². The lowest BCUT2D eigenvalue weighted by Crippen LogP contribution is -2.00. The zero-order valence-corrected chi connectivity index (χ0v) is 13.6. The van der Waals surface area contributed by atoms with E-state index in [9.17, 15) is 0 Å². The van der Waals surface area contributed by atoms with Crippen LogP contribution in [0.3, 0.4) is 0 Å². The number of rotatable bonds is 8. The van der Waals surface area contributed by atoms with Gasteiger partial charge in [-0.15, -0.1) is 0 Å². The van der Waals surface area contributed by atoms with Gasteiger partial charge in [0.25, 0.3) is 0 Å². The van der Waals surface area contributed by atoms with Gasteiger partial charge in [-0.2, -0.15) is 0 Å². The van der Waals surface area contributed by atoms with E-state index in [4.69, 9.17) is 16.3 Å². The minimum atomic E-state index is 0.707. The summed E-state index contributed by atoms with van der Waals surface area (Å²) < 4.78 is 7.89. The summed E-state index contributed by atoms with van der Waals surface area (Å²) in [5, 5.41) is 0.707. The second-order valence-electron chi connectivity index (χ2n) is 5.43. The van der Waals surface area contributed by atoms with Crippen LogP contribution < -0.4 is 4.74 Å². The normalized spacial score (nSPS) is 10.8. The molecule has 3 nitrogen and oxygen atoms in total. The summed E-state index contributed by atoms with van der Waals surface area (Å²) in [6.45, 7) is 5.91. The van der Waals surface area contributed by atoms with Crippen LogP contribution in [0.15, 0.2) is 30.9 Å². The Hall–Kier alpha value is -1.48. The number of unbranched alkanes of at least 4 members (excludes halogenated alkanes) is 3. The average molecular weight is 307 g/mol. The maximum absolute atomic E-state index is 6.19. The van der Waals surface area contributed by atoms with E-state index in [1.165, 1.54) is 30.4 Å². The van der Waals surface area contributed by atoms with Gasteiger partial charge in [-0.3, -0.25) is 0 Å². The second-order valence-corrected chi connectivity index (χ2v) is 5.84. The molecule has 0 aliphatic heterocycles. The first kappa shape index (κ1) is 15.9. The van der Waals surface area contributed by atoms with E-state index in [1.54, 1.807) is 0 Å². The Labute approximate surface area is 131 Å². The number of benzene rings is 1. The van der Waals surface area contributed by atoms with Crippen molar-refractivity contribution in [2.45, 2.75) is 46.1 Å². The Morgan fingerprint density at radius 3 is 2.62 bits per heavy atom. The molecule has 0 unspecified atom stereocenters. The first-order chi connectivity index (χ1) is 10.2. The van der Waals surface area contributed by atoms with E-state index in [0.717, 1.165) is 25.3 Å². The van der Waals surface area contributed by atoms with E-state index in [1.807, 2.05) is 30.9 Å². The van der Waals surface area contributed by atoms with Gasteiger partial charge >= 0.3 is 0 Å². The van der Waals surface area contributed by atoms with Crippen LogP contribution in [0, 0.1) is 13.8 Å². The van der Waals surface area contributed by atoms with Crippen molar-refractivity contribution in [3.05, 3.63) is 47.0 Å². The molecule has 21 heavy (non-hydrogen) atoms. The molecule has 0 aliphatic carbocycles. The highest BCUT2D eigenvalue weighted by Crippen LogP contribution is 2.27. The minimum Gasteiger partial charge on any atom is -0.492 e. The molecular formula is C17H23ClN2O. The summed E-state index contributed by atoms with van der Waals surface area (Å²) in [5.74, 6) is 0.804. The first-order valence-corrected chi connectivity index (χ1v) is 7.90. The molecular weight excluding hydrogens is 284 g/mol. The Morgan fingerprint density at radius 1 is 1.10 bits per heavy atom. The number of aromatic nitrogens is 2. The highest BCUT2D eigenvalue weighted by atomic mass is 35.5. The van der Waals surface area contributed by atoms with Gasteiger partial charge in [-0.25, -0.2) is 4.98 Å². The molecule has 1 aromatic carbocycles. The fraction of sp³-hybridized carbons (Fsp3) is 0.471. The Bertz CT molecular complexity index is 552. The summed E-state index contributed by atoms with van der Waals surface area (Å²) in [7, 11) is 0. The fourth-order valence-corrected chi connectivity index (χ4v) is 2.49. The predicted octanol–water partition coefficient (Wildman–Crippen LogP) is 4.79. The zero-order valence-electron chi connectivity index (χ0n) is 12.8. The molecule has 0 saturated carbocycles. The first-order valence-electron chi connectivity index (χ1n) is 7.52. The highest BCUT2D eigenvalue weighted by molar-refractivity contribution is 6.32. The lowest BCUT2D eigenvalue weighted by molar-refractivity contribution is 0.304. The predicted molar refractivity (Wildman–Crippen MR) is 87.1 cm³/mol. The number of aryl methyl sites for hydroxylation is 3. The average Bonchev–Trinajstić information content (AvgIpc) is 2.96. The zero-order chi connectivity index (χ0) is 15.1. The number of hydrogen-bond acceptors (Lipinski definition) is 2. The molecule has 0 atom stereocenters. The standard InChI is InChI=1S/C17H23ClN2O/c1-14-11-16(18)17(12-15(14)2)21-10-6-4-3-5-8-20-9-7-19-13-20/h7,9,11-13H,3-6,8,10H2,1-2H3. The van der Waals surface area contributed by atoms with Crippen molar-refractivity contribution in [3.8, 4) is 5.75 Å². The fourth-order valence-electron chi connectivity index (χ4n) is 2.22. The topological polar surface area (TPSA) is 27.1 Å². The van der Waals surface area contributed by atoms with Crippen molar-refractivity contribution >= 4 is 11.6 Å². The Balaban J connectivity index is 1.60. The third kappa shape index (κ3) is 5.09. The molecule has 0 bridgehead atoms. The minimum absolute atomic E-state index is 0.707. The third-order valence-corrected chi connectivity index (χ3v) is 3.97. The molecule has 2 rings (SSSR count). The number of imidazole rings is 1. The van der Waals surface area contributed by atoms with Crippen LogP contribution in [0.5, 0.6) is 5.75 Å². The van der Waals surface area contributed by atoms with Crippen molar-refractivity contribution < 1.29 is 4.74 Å². The molecule has 2 aromatic rings. The lowest BCUT2D eigenvalue weighted by atomic mass is 10.1. The lowest BCUT2D eigenvalue weighted by Gasteiger charge is -2.10. The van der Waals surface area contributed by atoms with E-state index >= 15 is 0 Å². The number of hydrogen-bond donors (Lipinski definition) is 0. The van der Waals surface area contributed by atoms with E-state index < -0.39 is 0 Å². The molecule has 1 heterocycles.